The van der Waals surface area contributed by atoms with Crippen LogP contribution in [0.4, 0.5) is 5.69 Å². The third-order valence-corrected chi connectivity index (χ3v) is 4.33. The molecule has 2 aliphatic heterocycles. The first-order valence-electron chi connectivity index (χ1n) is 8.28. The molecule has 0 bridgehead atoms. The van der Waals surface area contributed by atoms with E-state index in [2.05, 4.69) is 29.0 Å². The first kappa shape index (κ1) is 16.1. The van der Waals surface area contributed by atoms with Crippen molar-refractivity contribution in [2.45, 2.75) is 19.9 Å². The number of hydrogen-bond acceptors (Lipinski definition) is 5. The van der Waals surface area contributed by atoms with Crippen LogP contribution < -0.4 is 14.8 Å². The van der Waals surface area contributed by atoms with Crippen LogP contribution in [0.1, 0.15) is 13.8 Å². The van der Waals surface area contributed by atoms with Crippen LogP contribution >= 0.6 is 0 Å². The number of ether oxygens (including phenoxy) is 2. The monoisotopic (exact) mass is 319 g/mol. The molecule has 23 heavy (non-hydrogen) atoms. The SMILES string of the molecule is CC(C)N1CCN(CC(=O)Nc2ccc3c(c2)OCCO3)CC1. The van der Waals surface area contributed by atoms with Crippen molar-refractivity contribution < 1.29 is 14.3 Å². The van der Waals surface area contributed by atoms with E-state index >= 15 is 0 Å². The maximum atomic E-state index is 12.2. The van der Waals surface area contributed by atoms with Gasteiger partial charge in [-0.15, -0.1) is 0 Å². The molecule has 1 aromatic carbocycles. The molecular formula is C17H25N3O3. The number of hydrogen-bond donors (Lipinski definition) is 1. The molecule has 0 radical (unpaired) electrons. The molecule has 1 saturated heterocycles. The minimum Gasteiger partial charge on any atom is -0.486 e. The molecule has 0 spiro atoms. The number of carbonyl (C=O) groups is 1. The molecule has 6 nitrogen and oxygen atoms in total. The normalized spacial score (nSPS) is 18.9. The van der Waals surface area contributed by atoms with Gasteiger partial charge in [0.15, 0.2) is 11.5 Å². The second kappa shape index (κ2) is 7.19. The van der Waals surface area contributed by atoms with Gasteiger partial charge >= 0.3 is 0 Å². The minimum absolute atomic E-state index is 0.0136. The lowest BCUT2D eigenvalue weighted by Crippen LogP contribution is -2.50. The van der Waals surface area contributed by atoms with E-state index in [1.165, 1.54) is 0 Å². The van der Waals surface area contributed by atoms with E-state index in [9.17, 15) is 4.79 Å². The number of benzene rings is 1. The van der Waals surface area contributed by atoms with Gasteiger partial charge in [0.1, 0.15) is 13.2 Å². The van der Waals surface area contributed by atoms with Gasteiger partial charge in [-0.2, -0.15) is 0 Å². The molecule has 0 saturated carbocycles. The van der Waals surface area contributed by atoms with Crippen LogP contribution in [-0.4, -0.2) is 67.7 Å². The molecule has 6 heteroatoms. The maximum Gasteiger partial charge on any atom is 0.238 e. The van der Waals surface area contributed by atoms with Gasteiger partial charge in [0.25, 0.3) is 0 Å². The zero-order chi connectivity index (χ0) is 16.2. The van der Waals surface area contributed by atoms with Gasteiger partial charge < -0.3 is 14.8 Å². The predicted octanol–water partition coefficient (Wildman–Crippen LogP) is 1.42. The number of rotatable bonds is 4. The summed E-state index contributed by atoms with van der Waals surface area (Å²) in [6.07, 6.45) is 0. The Morgan fingerprint density at radius 2 is 1.83 bits per heavy atom. The van der Waals surface area contributed by atoms with E-state index in [4.69, 9.17) is 9.47 Å². The third-order valence-electron chi connectivity index (χ3n) is 4.33. The van der Waals surface area contributed by atoms with E-state index < -0.39 is 0 Å². The molecular weight excluding hydrogens is 294 g/mol. The Bertz CT molecular complexity index is 554. The number of anilines is 1. The molecule has 0 aromatic heterocycles. The van der Waals surface area contributed by atoms with Crippen LogP contribution in [0.15, 0.2) is 18.2 Å². The van der Waals surface area contributed by atoms with Crippen LogP contribution in [0.5, 0.6) is 11.5 Å². The Labute approximate surface area is 137 Å². The second-order valence-electron chi connectivity index (χ2n) is 6.31. The van der Waals surface area contributed by atoms with Crippen LogP contribution in [0.25, 0.3) is 0 Å². The van der Waals surface area contributed by atoms with Crippen molar-refractivity contribution in [3.63, 3.8) is 0 Å². The lowest BCUT2D eigenvalue weighted by molar-refractivity contribution is -0.117. The highest BCUT2D eigenvalue weighted by molar-refractivity contribution is 5.92. The van der Waals surface area contributed by atoms with E-state index in [1.54, 1.807) is 0 Å². The summed E-state index contributed by atoms with van der Waals surface area (Å²) in [6, 6.07) is 6.08. The van der Waals surface area contributed by atoms with Crippen LogP contribution in [0, 0.1) is 0 Å². The Balaban J connectivity index is 1.50. The molecule has 126 valence electrons. The zero-order valence-corrected chi connectivity index (χ0v) is 13.9. The summed E-state index contributed by atoms with van der Waals surface area (Å²) in [5.41, 5.74) is 0.750. The zero-order valence-electron chi connectivity index (χ0n) is 13.9. The van der Waals surface area contributed by atoms with E-state index in [1.807, 2.05) is 18.2 Å². The van der Waals surface area contributed by atoms with Gasteiger partial charge in [-0.05, 0) is 26.0 Å². The van der Waals surface area contributed by atoms with Gasteiger partial charge in [-0.25, -0.2) is 0 Å². The number of carbonyl (C=O) groups excluding carboxylic acids is 1. The third kappa shape index (κ3) is 4.14. The first-order valence-corrected chi connectivity index (χ1v) is 8.28. The van der Waals surface area contributed by atoms with Crippen molar-refractivity contribution >= 4 is 11.6 Å². The molecule has 0 unspecified atom stereocenters. The number of nitrogens with one attached hydrogen (secondary N) is 1. The van der Waals surface area contributed by atoms with E-state index in [-0.39, 0.29) is 5.91 Å². The summed E-state index contributed by atoms with van der Waals surface area (Å²) >= 11 is 0. The molecule has 3 rings (SSSR count). The van der Waals surface area contributed by atoms with Crippen molar-refractivity contribution in [3.8, 4) is 11.5 Å². The molecule has 1 aromatic rings. The van der Waals surface area contributed by atoms with Gasteiger partial charge in [0.05, 0.1) is 6.54 Å². The maximum absolute atomic E-state index is 12.2. The summed E-state index contributed by atoms with van der Waals surface area (Å²) in [5, 5.41) is 2.94. The van der Waals surface area contributed by atoms with Gasteiger partial charge in [-0.3, -0.25) is 14.6 Å². The predicted molar refractivity (Wildman–Crippen MR) is 89.2 cm³/mol. The van der Waals surface area contributed by atoms with Crippen LogP contribution in [0.2, 0.25) is 0 Å². The number of amides is 1. The first-order chi connectivity index (χ1) is 11.1. The van der Waals surface area contributed by atoms with Crippen molar-refractivity contribution in [2.75, 3.05) is 51.3 Å². The smallest absolute Gasteiger partial charge is 0.238 e. The average Bonchev–Trinajstić information content (AvgIpc) is 2.55. The standard InChI is InChI=1S/C17H25N3O3/c1-13(2)20-7-5-19(6-8-20)12-17(21)18-14-3-4-15-16(11-14)23-10-9-22-15/h3-4,11,13H,5-10,12H2,1-2H3,(H,18,21). The van der Waals surface area contributed by atoms with E-state index in [0.29, 0.717) is 31.5 Å². The summed E-state index contributed by atoms with van der Waals surface area (Å²) < 4.78 is 11.0. The quantitative estimate of drug-likeness (QED) is 0.910. The minimum atomic E-state index is 0.0136. The number of piperazine rings is 1. The fourth-order valence-corrected chi connectivity index (χ4v) is 2.96. The average molecular weight is 319 g/mol. The van der Waals surface area contributed by atoms with Crippen LogP contribution in [-0.2, 0) is 4.79 Å². The van der Waals surface area contributed by atoms with Gasteiger partial charge in [-0.1, -0.05) is 0 Å². The highest BCUT2D eigenvalue weighted by Gasteiger charge is 2.20. The van der Waals surface area contributed by atoms with E-state index in [0.717, 1.165) is 37.6 Å². The lowest BCUT2D eigenvalue weighted by Gasteiger charge is -2.36. The molecule has 2 heterocycles. The summed E-state index contributed by atoms with van der Waals surface area (Å²) in [5.74, 6) is 1.44. The van der Waals surface area contributed by atoms with Gasteiger partial charge in [0.2, 0.25) is 5.91 Å². The Kier molecular flexibility index (Phi) is 5.03. The van der Waals surface area contributed by atoms with Crippen molar-refractivity contribution in [1.29, 1.82) is 0 Å². The van der Waals surface area contributed by atoms with Gasteiger partial charge in [0, 0.05) is 44.0 Å². The summed E-state index contributed by atoms with van der Waals surface area (Å²) in [6.45, 7) is 9.89. The van der Waals surface area contributed by atoms with Crippen molar-refractivity contribution in [1.82, 2.24) is 9.80 Å². The Morgan fingerprint density at radius 1 is 1.13 bits per heavy atom. The highest BCUT2D eigenvalue weighted by Crippen LogP contribution is 2.32. The summed E-state index contributed by atoms with van der Waals surface area (Å²) in [7, 11) is 0. The number of fused-ring (bicyclic) bond motifs is 1. The van der Waals surface area contributed by atoms with Crippen molar-refractivity contribution in [3.05, 3.63) is 18.2 Å². The molecule has 2 aliphatic rings. The fourth-order valence-electron chi connectivity index (χ4n) is 2.96. The molecule has 1 amide bonds. The molecule has 1 N–H and O–H groups in total. The molecule has 0 aliphatic carbocycles. The van der Waals surface area contributed by atoms with Crippen LogP contribution in [0.3, 0.4) is 0 Å². The number of nitrogens with zero attached hydrogens (tertiary/aromatic N) is 2. The Hall–Kier alpha value is -1.79. The largest absolute Gasteiger partial charge is 0.486 e. The highest BCUT2D eigenvalue weighted by atomic mass is 16.6. The lowest BCUT2D eigenvalue weighted by atomic mass is 10.2. The Morgan fingerprint density at radius 3 is 2.52 bits per heavy atom. The fraction of sp³-hybridized carbons (Fsp3) is 0.588. The second-order valence-corrected chi connectivity index (χ2v) is 6.31. The molecule has 1 fully saturated rings. The molecule has 0 atom stereocenters. The van der Waals surface area contributed by atoms with Crippen molar-refractivity contribution in [2.24, 2.45) is 0 Å². The summed E-state index contributed by atoms with van der Waals surface area (Å²) in [4.78, 5) is 16.9. The topological polar surface area (TPSA) is 54.0 Å².